The number of hydrogen-bond donors (Lipinski definition) is 2. The van der Waals surface area contributed by atoms with Gasteiger partial charge >= 0.3 is 0 Å². The zero-order valence-electron chi connectivity index (χ0n) is 12.9. The molecule has 1 heterocycles. The third-order valence-corrected chi connectivity index (χ3v) is 3.43. The topological polar surface area (TPSA) is 71.3 Å². The van der Waals surface area contributed by atoms with Crippen molar-refractivity contribution in [3.05, 3.63) is 78.8 Å². The fraction of sp³-hybridized carbons (Fsp3) is 0.0526. The highest BCUT2D eigenvalue weighted by atomic mass is 16.3. The van der Waals surface area contributed by atoms with Crippen LogP contribution in [0.15, 0.2) is 77.4 Å². The lowest BCUT2D eigenvalue weighted by Crippen LogP contribution is -2.32. The predicted octanol–water partition coefficient (Wildman–Crippen LogP) is 3.32. The van der Waals surface area contributed by atoms with Crippen molar-refractivity contribution >= 4 is 17.5 Å². The molecule has 0 aliphatic heterocycles. The fourth-order valence-corrected chi connectivity index (χ4v) is 2.24. The van der Waals surface area contributed by atoms with E-state index in [2.05, 4.69) is 10.6 Å². The van der Waals surface area contributed by atoms with Crippen LogP contribution >= 0.6 is 0 Å². The lowest BCUT2D eigenvalue weighted by molar-refractivity contribution is -0.115. The van der Waals surface area contributed by atoms with E-state index in [0.717, 1.165) is 11.1 Å². The molecule has 0 spiro atoms. The second-order valence-electron chi connectivity index (χ2n) is 5.15. The van der Waals surface area contributed by atoms with Crippen molar-refractivity contribution in [1.29, 1.82) is 0 Å². The molecule has 0 fully saturated rings. The molecule has 0 unspecified atom stereocenters. The average molecular weight is 320 g/mol. The summed E-state index contributed by atoms with van der Waals surface area (Å²) in [4.78, 5) is 23.6. The highest BCUT2D eigenvalue weighted by Gasteiger charge is 2.10. The van der Waals surface area contributed by atoms with E-state index in [-0.39, 0.29) is 18.2 Å². The van der Waals surface area contributed by atoms with Crippen molar-refractivity contribution in [1.82, 2.24) is 5.32 Å². The Morgan fingerprint density at radius 3 is 2.21 bits per heavy atom. The molecule has 2 aromatic carbocycles. The Morgan fingerprint density at radius 1 is 0.833 bits per heavy atom. The SMILES string of the molecule is O=C(CNC(=O)c1ccco1)Nc1ccc(-c2ccccc2)cc1. The molecule has 5 nitrogen and oxygen atoms in total. The molecule has 0 bridgehead atoms. The number of benzene rings is 2. The minimum atomic E-state index is -0.422. The van der Waals surface area contributed by atoms with Crippen LogP contribution in [-0.4, -0.2) is 18.4 Å². The Labute approximate surface area is 139 Å². The van der Waals surface area contributed by atoms with Crippen LogP contribution in [0.1, 0.15) is 10.6 Å². The number of carbonyl (C=O) groups is 2. The summed E-state index contributed by atoms with van der Waals surface area (Å²) in [7, 11) is 0. The molecule has 3 rings (SSSR count). The maximum atomic E-state index is 11.9. The molecule has 2 amide bonds. The van der Waals surface area contributed by atoms with Gasteiger partial charge < -0.3 is 15.1 Å². The van der Waals surface area contributed by atoms with E-state index in [4.69, 9.17) is 4.42 Å². The Hall–Kier alpha value is -3.34. The van der Waals surface area contributed by atoms with Gasteiger partial charge in [-0.1, -0.05) is 42.5 Å². The number of anilines is 1. The van der Waals surface area contributed by atoms with Crippen LogP contribution in [0, 0.1) is 0 Å². The summed E-state index contributed by atoms with van der Waals surface area (Å²) in [5.41, 5.74) is 2.85. The maximum Gasteiger partial charge on any atom is 0.287 e. The van der Waals surface area contributed by atoms with Crippen molar-refractivity contribution in [3.63, 3.8) is 0 Å². The Morgan fingerprint density at radius 2 is 1.54 bits per heavy atom. The van der Waals surface area contributed by atoms with Gasteiger partial charge in [-0.3, -0.25) is 9.59 Å². The maximum absolute atomic E-state index is 11.9. The van der Waals surface area contributed by atoms with Gasteiger partial charge in [-0.25, -0.2) is 0 Å². The van der Waals surface area contributed by atoms with Crippen LogP contribution < -0.4 is 10.6 Å². The first-order chi connectivity index (χ1) is 11.7. The molecule has 0 radical (unpaired) electrons. The summed E-state index contributed by atoms with van der Waals surface area (Å²) in [6.07, 6.45) is 1.41. The molecule has 1 aromatic heterocycles. The monoisotopic (exact) mass is 320 g/mol. The third-order valence-electron chi connectivity index (χ3n) is 3.43. The molecular formula is C19H16N2O3. The zero-order valence-corrected chi connectivity index (χ0v) is 12.9. The van der Waals surface area contributed by atoms with E-state index in [1.165, 1.54) is 12.3 Å². The second-order valence-corrected chi connectivity index (χ2v) is 5.15. The average Bonchev–Trinajstić information content (AvgIpc) is 3.16. The summed E-state index contributed by atoms with van der Waals surface area (Å²) in [5, 5.41) is 5.23. The van der Waals surface area contributed by atoms with E-state index < -0.39 is 5.91 Å². The van der Waals surface area contributed by atoms with Gasteiger partial charge in [-0.05, 0) is 35.4 Å². The zero-order chi connectivity index (χ0) is 16.8. The van der Waals surface area contributed by atoms with Crippen LogP contribution in [0.5, 0.6) is 0 Å². The van der Waals surface area contributed by atoms with Crippen LogP contribution in [-0.2, 0) is 4.79 Å². The molecule has 5 heteroatoms. The van der Waals surface area contributed by atoms with E-state index in [9.17, 15) is 9.59 Å². The van der Waals surface area contributed by atoms with Crippen LogP contribution in [0.25, 0.3) is 11.1 Å². The molecule has 0 aliphatic carbocycles. The highest BCUT2D eigenvalue weighted by molar-refractivity contribution is 5.98. The van der Waals surface area contributed by atoms with Gasteiger partial charge in [0.2, 0.25) is 5.91 Å². The van der Waals surface area contributed by atoms with E-state index in [1.807, 2.05) is 54.6 Å². The number of carbonyl (C=O) groups excluding carboxylic acids is 2. The van der Waals surface area contributed by atoms with Crippen molar-refractivity contribution in [2.45, 2.75) is 0 Å². The summed E-state index contributed by atoms with van der Waals surface area (Å²) < 4.78 is 4.96. The minimum Gasteiger partial charge on any atom is -0.459 e. The quantitative estimate of drug-likeness (QED) is 0.757. The first-order valence-corrected chi connectivity index (χ1v) is 7.49. The molecule has 0 saturated carbocycles. The number of hydrogen-bond acceptors (Lipinski definition) is 3. The lowest BCUT2D eigenvalue weighted by atomic mass is 10.1. The molecule has 0 saturated heterocycles. The molecule has 0 atom stereocenters. The smallest absolute Gasteiger partial charge is 0.287 e. The molecule has 24 heavy (non-hydrogen) atoms. The predicted molar refractivity (Wildman–Crippen MR) is 91.5 cm³/mol. The largest absolute Gasteiger partial charge is 0.459 e. The van der Waals surface area contributed by atoms with E-state index >= 15 is 0 Å². The normalized spacial score (nSPS) is 10.2. The third kappa shape index (κ3) is 3.89. The van der Waals surface area contributed by atoms with Crippen molar-refractivity contribution < 1.29 is 14.0 Å². The summed E-state index contributed by atoms with van der Waals surface area (Å²) in [6.45, 7) is -0.125. The lowest BCUT2D eigenvalue weighted by Gasteiger charge is -2.07. The molecule has 2 N–H and O–H groups in total. The Kier molecular flexibility index (Phi) is 4.72. The first-order valence-electron chi connectivity index (χ1n) is 7.49. The molecular weight excluding hydrogens is 304 g/mol. The number of furan rings is 1. The van der Waals surface area contributed by atoms with Crippen LogP contribution in [0.3, 0.4) is 0 Å². The van der Waals surface area contributed by atoms with Gasteiger partial charge in [0.25, 0.3) is 5.91 Å². The summed E-state index contributed by atoms with van der Waals surface area (Å²) >= 11 is 0. The minimum absolute atomic E-state index is 0.125. The number of nitrogens with one attached hydrogen (secondary N) is 2. The number of rotatable bonds is 5. The standard InChI is InChI=1S/C19H16N2O3/c22-18(13-20-19(23)17-7-4-12-24-17)21-16-10-8-15(9-11-16)14-5-2-1-3-6-14/h1-12H,13H2,(H,20,23)(H,21,22). The van der Waals surface area contributed by atoms with Gasteiger partial charge in [0.05, 0.1) is 12.8 Å². The molecule has 3 aromatic rings. The van der Waals surface area contributed by atoms with E-state index in [0.29, 0.717) is 5.69 Å². The van der Waals surface area contributed by atoms with Gasteiger partial charge in [0, 0.05) is 5.69 Å². The molecule has 0 aliphatic rings. The highest BCUT2D eigenvalue weighted by Crippen LogP contribution is 2.20. The second kappa shape index (κ2) is 7.28. The van der Waals surface area contributed by atoms with Gasteiger partial charge in [-0.2, -0.15) is 0 Å². The van der Waals surface area contributed by atoms with Gasteiger partial charge in [0.1, 0.15) is 0 Å². The van der Waals surface area contributed by atoms with Crippen molar-refractivity contribution in [2.75, 3.05) is 11.9 Å². The van der Waals surface area contributed by atoms with Crippen LogP contribution in [0.4, 0.5) is 5.69 Å². The van der Waals surface area contributed by atoms with Crippen molar-refractivity contribution in [2.24, 2.45) is 0 Å². The first kappa shape index (κ1) is 15.6. The summed E-state index contributed by atoms with van der Waals surface area (Å²) in [6, 6.07) is 20.7. The Balaban J connectivity index is 1.54. The van der Waals surface area contributed by atoms with Crippen molar-refractivity contribution in [3.8, 4) is 11.1 Å². The summed E-state index contributed by atoms with van der Waals surface area (Å²) in [5.74, 6) is -0.549. The van der Waals surface area contributed by atoms with Crippen LogP contribution in [0.2, 0.25) is 0 Å². The number of amides is 2. The Bertz CT molecular complexity index is 810. The van der Waals surface area contributed by atoms with Gasteiger partial charge in [0.15, 0.2) is 5.76 Å². The fourth-order valence-electron chi connectivity index (χ4n) is 2.24. The van der Waals surface area contributed by atoms with Gasteiger partial charge in [-0.15, -0.1) is 0 Å². The molecule has 120 valence electrons. The van der Waals surface area contributed by atoms with E-state index in [1.54, 1.807) is 6.07 Å².